The Bertz CT molecular complexity index is 199. The fourth-order valence-electron chi connectivity index (χ4n) is 1.84. The Labute approximate surface area is 90.9 Å². The van der Waals surface area contributed by atoms with Gasteiger partial charge in [0.1, 0.15) is 0 Å². The highest BCUT2D eigenvalue weighted by Gasteiger charge is 2.27. The maximum atomic E-state index is 11.5. The first kappa shape index (κ1) is 12.4. The summed E-state index contributed by atoms with van der Waals surface area (Å²) >= 11 is 0. The lowest BCUT2D eigenvalue weighted by Crippen LogP contribution is -2.55. The minimum Gasteiger partial charge on any atom is -0.379 e. The predicted molar refractivity (Wildman–Crippen MR) is 58.5 cm³/mol. The summed E-state index contributed by atoms with van der Waals surface area (Å²) in [5.41, 5.74) is 5.32. The van der Waals surface area contributed by atoms with Gasteiger partial charge in [-0.05, 0) is 6.42 Å². The highest BCUT2D eigenvalue weighted by molar-refractivity contribution is 5.82. The number of carbonyl (C=O) groups is 1. The van der Waals surface area contributed by atoms with Crippen LogP contribution in [0.3, 0.4) is 0 Å². The number of rotatable bonds is 6. The highest BCUT2D eigenvalue weighted by atomic mass is 16.5. The third-order valence-corrected chi connectivity index (χ3v) is 2.61. The van der Waals surface area contributed by atoms with E-state index < -0.39 is 0 Å². The van der Waals surface area contributed by atoms with Crippen LogP contribution in [-0.4, -0.2) is 56.2 Å². The molecule has 0 radical (unpaired) electrons. The molecule has 1 rings (SSSR count). The van der Waals surface area contributed by atoms with Crippen molar-refractivity contribution in [2.45, 2.75) is 19.4 Å². The van der Waals surface area contributed by atoms with Crippen LogP contribution < -0.4 is 11.1 Å². The summed E-state index contributed by atoms with van der Waals surface area (Å²) in [4.78, 5) is 13.7. The highest BCUT2D eigenvalue weighted by Crippen LogP contribution is 2.07. The number of amides is 1. The van der Waals surface area contributed by atoms with E-state index in [9.17, 15) is 4.79 Å². The van der Waals surface area contributed by atoms with E-state index in [1.807, 2.05) is 6.92 Å². The summed E-state index contributed by atoms with van der Waals surface area (Å²) in [5.74, 6) is 0.141. The van der Waals surface area contributed by atoms with E-state index in [4.69, 9.17) is 10.5 Å². The van der Waals surface area contributed by atoms with E-state index >= 15 is 0 Å². The number of nitrogens with two attached hydrogens (primary N) is 1. The Morgan fingerprint density at radius 3 is 3.07 bits per heavy atom. The molecule has 1 fully saturated rings. The molecule has 0 saturated carbocycles. The van der Waals surface area contributed by atoms with Gasteiger partial charge in [0.25, 0.3) is 0 Å². The maximum Gasteiger partial charge on any atom is 0.237 e. The first-order valence-corrected chi connectivity index (χ1v) is 5.59. The number of hydrogen-bond donors (Lipinski definition) is 2. The standard InChI is InChI=1S/C10H21N3O2/c1-2-9-10(14)12-4-5-13(9)6-8-15-7-3-11/h9H,2-8,11H2,1H3,(H,12,14). The lowest BCUT2D eigenvalue weighted by Gasteiger charge is -2.34. The van der Waals surface area contributed by atoms with Gasteiger partial charge in [-0.2, -0.15) is 0 Å². The average Bonchev–Trinajstić information content (AvgIpc) is 2.24. The van der Waals surface area contributed by atoms with Gasteiger partial charge in [0.15, 0.2) is 0 Å². The first-order chi connectivity index (χ1) is 7.29. The van der Waals surface area contributed by atoms with Crippen molar-refractivity contribution in [3.63, 3.8) is 0 Å². The van der Waals surface area contributed by atoms with Gasteiger partial charge in [0, 0.05) is 26.2 Å². The summed E-state index contributed by atoms with van der Waals surface area (Å²) in [6.07, 6.45) is 0.850. The van der Waals surface area contributed by atoms with Crippen LogP contribution in [0.1, 0.15) is 13.3 Å². The molecule has 1 aliphatic rings. The number of ether oxygens (including phenoxy) is 1. The molecule has 1 atom stereocenters. The Balaban J connectivity index is 2.28. The van der Waals surface area contributed by atoms with Crippen LogP contribution in [0.2, 0.25) is 0 Å². The van der Waals surface area contributed by atoms with Crippen molar-refractivity contribution < 1.29 is 9.53 Å². The Kier molecular flexibility index (Phi) is 5.60. The van der Waals surface area contributed by atoms with Gasteiger partial charge in [0.05, 0.1) is 19.3 Å². The van der Waals surface area contributed by atoms with Gasteiger partial charge in [0.2, 0.25) is 5.91 Å². The molecule has 0 aromatic heterocycles. The van der Waals surface area contributed by atoms with E-state index in [0.717, 1.165) is 26.1 Å². The Morgan fingerprint density at radius 2 is 2.40 bits per heavy atom. The normalized spacial score (nSPS) is 22.8. The van der Waals surface area contributed by atoms with Crippen molar-refractivity contribution in [3.05, 3.63) is 0 Å². The van der Waals surface area contributed by atoms with E-state index in [2.05, 4.69) is 10.2 Å². The second-order valence-corrected chi connectivity index (χ2v) is 3.65. The van der Waals surface area contributed by atoms with Crippen LogP contribution in [0.15, 0.2) is 0 Å². The average molecular weight is 215 g/mol. The zero-order valence-corrected chi connectivity index (χ0v) is 9.37. The maximum absolute atomic E-state index is 11.5. The number of nitrogens with one attached hydrogen (secondary N) is 1. The molecule has 0 bridgehead atoms. The molecule has 88 valence electrons. The third-order valence-electron chi connectivity index (χ3n) is 2.61. The molecular weight excluding hydrogens is 194 g/mol. The predicted octanol–water partition coefficient (Wildman–Crippen LogP) is -0.828. The summed E-state index contributed by atoms with van der Waals surface area (Å²) < 4.78 is 5.32. The zero-order chi connectivity index (χ0) is 11.1. The van der Waals surface area contributed by atoms with E-state index in [1.54, 1.807) is 0 Å². The molecule has 1 unspecified atom stereocenters. The first-order valence-electron chi connectivity index (χ1n) is 5.59. The van der Waals surface area contributed by atoms with Crippen molar-refractivity contribution in [2.24, 2.45) is 5.73 Å². The van der Waals surface area contributed by atoms with Gasteiger partial charge in [-0.25, -0.2) is 0 Å². The largest absolute Gasteiger partial charge is 0.379 e. The van der Waals surface area contributed by atoms with Gasteiger partial charge in [-0.1, -0.05) is 6.92 Å². The molecule has 0 aromatic carbocycles. The molecule has 15 heavy (non-hydrogen) atoms. The lowest BCUT2D eigenvalue weighted by molar-refractivity contribution is -0.129. The second kappa shape index (κ2) is 6.76. The van der Waals surface area contributed by atoms with Gasteiger partial charge >= 0.3 is 0 Å². The smallest absolute Gasteiger partial charge is 0.237 e. The van der Waals surface area contributed by atoms with Crippen LogP contribution in [0, 0.1) is 0 Å². The number of nitrogens with zero attached hydrogens (tertiary/aromatic N) is 1. The SMILES string of the molecule is CCC1C(=O)NCCN1CCOCCN. The Morgan fingerprint density at radius 1 is 1.60 bits per heavy atom. The minimum absolute atomic E-state index is 0.0141. The molecule has 1 saturated heterocycles. The third kappa shape index (κ3) is 3.77. The van der Waals surface area contributed by atoms with E-state index in [1.165, 1.54) is 0 Å². The molecule has 0 aromatic rings. The van der Waals surface area contributed by atoms with Crippen molar-refractivity contribution in [1.29, 1.82) is 0 Å². The topological polar surface area (TPSA) is 67.6 Å². The van der Waals surface area contributed by atoms with Crippen LogP contribution >= 0.6 is 0 Å². The molecule has 1 aliphatic heterocycles. The van der Waals surface area contributed by atoms with Crippen LogP contribution in [-0.2, 0) is 9.53 Å². The number of hydrogen-bond acceptors (Lipinski definition) is 4. The van der Waals surface area contributed by atoms with Crippen molar-refractivity contribution in [3.8, 4) is 0 Å². The quantitative estimate of drug-likeness (QED) is 0.568. The molecular formula is C10H21N3O2. The molecule has 1 heterocycles. The summed E-state index contributed by atoms with van der Waals surface area (Å²) in [6, 6.07) is 0.0141. The van der Waals surface area contributed by atoms with E-state index in [0.29, 0.717) is 19.8 Å². The monoisotopic (exact) mass is 215 g/mol. The van der Waals surface area contributed by atoms with Crippen molar-refractivity contribution in [1.82, 2.24) is 10.2 Å². The van der Waals surface area contributed by atoms with Crippen LogP contribution in [0.4, 0.5) is 0 Å². The second-order valence-electron chi connectivity index (χ2n) is 3.65. The minimum atomic E-state index is 0.0141. The summed E-state index contributed by atoms with van der Waals surface area (Å²) in [7, 11) is 0. The van der Waals surface area contributed by atoms with Gasteiger partial charge in [-0.3, -0.25) is 9.69 Å². The fourth-order valence-corrected chi connectivity index (χ4v) is 1.84. The van der Waals surface area contributed by atoms with Crippen molar-refractivity contribution in [2.75, 3.05) is 39.4 Å². The molecule has 0 aliphatic carbocycles. The van der Waals surface area contributed by atoms with Crippen LogP contribution in [0.5, 0.6) is 0 Å². The van der Waals surface area contributed by atoms with Crippen molar-refractivity contribution >= 4 is 5.91 Å². The molecule has 5 heteroatoms. The van der Waals surface area contributed by atoms with Crippen LogP contribution in [0.25, 0.3) is 0 Å². The van der Waals surface area contributed by atoms with Gasteiger partial charge < -0.3 is 15.8 Å². The van der Waals surface area contributed by atoms with Gasteiger partial charge in [-0.15, -0.1) is 0 Å². The summed E-state index contributed by atoms with van der Waals surface area (Å²) in [6.45, 7) is 6.30. The Hall–Kier alpha value is -0.650. The number of piperazine rings is 1. The molecule has 0 spiro atoms. The summed E-state index contributed by atoms with van der Waals surface area (Å²) in [5, 5.41) is 2.87. The molecule has 5 nitrogen and oxygen atoms in total. The van der Waals surface area contributed by atoms with E-state index in [-0.39, 0.29) is 11.9 Å². The molecule has 3 N–H and O–H groups in total. The number of carbonyl (C=O) groups excluding carboxylic acids is 1. The lowest BCUT2D eigenvalue weighted by atomic mass is 10.1. The fraction of sp³-hybridized carbons (Fsp3) is 0.900. The molecule has 1 amide bonds. The zero-order valence-electron chi connectivity index (χ0n) is 9.37.